The van der Waals surface area contributed by atoms with Crippen LogP contribution in [0.4, 0.5) is 0 Å². The van der Waals surface area contributed by atoms with Crippen LogP contribution in [-0.2, 0) is 10.0 Å². The molecule has 1 N–H and O–H groups in total. The van der Waals surface area contributed by atoms with Gasteiger partial charge in [0.2, 0.25) is 10.0 Å². The zero-order valence-electron chi connectivity index (χ0n) is 9.07. The fraction of sp³-hybridized carbons (Fsp3) is 0.333. The van der Waals surface area contributed by atoms with E-state index in [1.54, 1.807) is 6.07 Å². The van der Waals surface area contributed by atoms with Gasteiger partial charge in [0, 0.05) is 10.5 Å². The molecule has 5 nitrogen and oxygen atoms in total. The Hall–Kier alpha value is -0.790. The highest BCUT2D eigenvalue weighted by atomic mass is 79.9. The lowest BCUT2D eigenvalue weighted by molar-refractivity contribution is 0.353. The molecule has 0 saturated carbocycles. The average Bonchev–Trinajstić information content (AvgIpc) is 2.28. The molecule has 0 heterocycles. The Bertz CT molecular complexity index is 487. The molecule has 1 aromatic carbocycles. The highest BCUT2D eigenvalue weighted by Crippen LogP contribution is 2.35. The van der Waals surface area contributed by atoms with Crippen LogP contribution in [0.2, 0.25) is 0 Å². The van der Waals surface area contributed by atoms with Crippen molar-refractivity contribution in [2.24, 2.45) is 0 Å². The molecule has 0 aliphatic heterocycles. The molecule has 16 heavy (non-hydrogen) atoms. The third-order valence-corrected chi connectivity index (χ3v) is 4.37. The van der Waals surface area contributed by atoms with Gasteiger partial charge in [-0.05, 0) is 29.0 Å². The van der Waals surface area contributed by atoms with E-state index in [0.717, 1.165) is 0 Å². The van der Waals surface area contributed by atoms with Gasteiger partial charge in [-0.25, -0.2) is 13.1 Å². The number of benzene rings is 1. The first kappa shape index (κ1) is 13.3. The third-order valence-electron chi connectivity index (χ3n) is 2.00. The van der Waals surface area contributed by atoms with Gasteiger partial charge in [-0.1, -0.05) is 0 Å². The Morgan fingerprint density at radius 3 is 2.12 bits per heavy atom. The molecule has 90 valence electrons. The van der Waals surface area contributed by atoms with Crippen LogP contribution in [0.15, 0.2) is 21.5 Å². The van der Waals surface area contributed by atoms with E-state index in [1.807, 2.05) is 0 Å². The minimum Gasteiger partial charge on any atom is -0.493 e. The first-order chi connectivity index (χ1) is 7.46. The second kappa shape index (κ2) is 5.03. The molecule has 0 radical (unpaired) electrons. The van der Waals surface area contributed by atoms with Crippen molar-refractivity contribution in [1.29, 1.82) is 0 Å². The van der Waals surface area contributed by atoms with Crippen molar-refractivity contribution < 1.29 is 17.9 Å². The molecular weight excluding hydrogens is 298 g/mol. The van der Waals surface area contributed by atoms with Crippen molar-refractivity contribution in [3.63, 3.8) is 0 Å². The standard InChI is InChI=1S/C9H12BrNO4S/c1-11-16(12,13)9-5-8(15-3)7(14-2)4-6(9)10/h4-5,11H,1-3H3. The van der Waals surface area contributed by atoms with Crippen molar-refractivity contribution >= 4 is 26.0 Å². The smallest absolute Gasteiger partial charge is 0.241 e. The summed E-state index contributed by atoms with van der Waals surface area (Å²) >= 11 is 3.17. The van der Waals surface area contributed by atoms with E-state index in [2.05, 4.69) is 20.7 Å². The minimum absolute atomic E-state index is 0.104. The Labute approximate surface area is 103 Å². The largest absolute Gasteiger partial charge is 0.493 e. The highest BCUT2D eigenvalue weighted by Gasteiger charge is 2.19. The van der Waals surface area contributed by atoms with Crippen LogP contribution in [0, 0.1) is 0 Å². The SMILES string of the molecule is CNS(=O)(=O)c1cc(OC)c(OC)cc1Br. The summed E-state index contributed by atoms with van der Waals surface area (Å²) in [7, 11) is 0.755. The molecule has 0 aliphatic rings. The highest BCUT2D eigenvalue weighted by molar-refractivity contribution is 9.10. The van der Waals surface area contributed by atoms with Gasteiger partial charge in [-0.2, -0.15) is 0 Å². The number of nitrogens with one attached hydrogen (secondary N) is 1. The first-order valence-electron chi connectivity index (χ1n) is 4.31. The maximum Gasteiger partial charge on any atom is 0.241 e. The molecule has 1 rings (SSSR count). The van der Waals surface area contributed by atoms with Crippen molar-refractivity contribution in [3.05, 3.63) is 16.6 Å². The van der Waals surface area contributed by atoms with E-state index in [1.165, 1.54) is 27.3 Å². The summed E-state index contributed by atoms with van der Waals surface area (Å²) in [5, 5.41) is 0. The quantitative estimate of drug-likeness (QED) is 0.912. The summed E-state index contributed by atoms with van der Waals surface area (Å²) in [6, 6.07) is 2.94. The molecule has 1 aromatic rings. The van der Waals surface area contributed by atoms with Crippen molar-refractivity contribution in [1.82, 2.24) is 4.72 Å². The number of hydrogen-bond donors (Lipinski definition) is 1. The molecular formula is C9H12BrNO4S. The van der Waals surface area contributed by atoms with Gasteiger partial charge in [0.15, 0.2) is 11.5 Å². The van der Waals surface area contributed by atoms with Crippen molar-refractivity contribution in [3.8, 4) is 11.5 Å². The monoisotopic (exact) mass is 309 g/mol. The number of rotatable bonds is 4. The van der Waals surface area contributed by atoms with Gasteiger partial charge in [-0.3, -0.25) is 0 Å². The number of hydrogen-bond acceptors (Lipinski definition) is 4. The third kappa shape index (κ3) is 2.47. The van der Waals surface area contributed by atoms with Gasteiger partial charge in [0.1, 0.15) is 4.90 Å². The summed E-state index contributed by atoms with van der Waals surface area (Å²) in [5.41, 5.74) is 0. The van der Waals surface area contributed by atoms with Gasteiger partial charge in [0.05, 0.1) is 14.2 Å². The molecule has 0 spiro atoms. The second-order valence-electron chi connectivity index (χ2n) is 2.85. The molecule has 0 fully saturated rings. The Morgan fingerprint density at radius 2 is 1.69 bits per heavy atom. The lowest BCUT2D eigenvalue weighted by atomic mass is 10.3. The number of methoxy groups -OCH3 is 2. The van der Waals surface area contributed by atoms with Gasteiger partial charge in [0.25, 0.3) is 0 Å². The predicted octanol–water partition coefficient (Wildman–Crippen LogP) is 1.37. The zero-order chi connectivity index (χ0) is 12.3. The van der Waals surface area contributed by atoms with Crippen LogP contribution >= 0.6 is 15.9 Å². The Balaban J connectivity index is 3.44. The Morgan fingerprint density at radius 1 is 1.19 bits per heavy atom. The fourth-order valence-electron chi connectivity index (χ4n) is 1.15. The average molecular weight is 310 g/mol. The van der Waals surface area contributed by atoms with E-state index in [0.29, 0.717) is 16.0 Å². The summed E-state index contributed by atoms with van der Waals surface area (Å²) in [5.74, 6) is 0.823. The van der Waals surface area contributed by atoms with E-state index in [4.69, 9.17) is 9.47 Å². The summed E-state index contributed by atoms with van der Waals surface area (Å²) < 4.78 is 36.0. The topological polar surface area (TPSA) is 64.6 Å². The van der Waals surface area contributed by atoms with Gasteiger partial charge >= 0.3 is 0 Å². The maximum atomic E-state index is 11.7. The molecule has 0 saturated heterocycles. The minimum atomic E-state index is -3.52. The molecule has 0 atom stereocenters. The maximum absolute atomic E-state index is 11.7. The van der Waals surface area contributed by atoms with Crippen LogP contribution in [0.5, 0.6) is 11.5 Å². The number of ether oxygens (including phenoxy) is 2. The van der Waals surface area contributed by atoms with E-state index >= 15 is 0 Å². The molecule has 0 unspecified atom stereocenters. The van der Waals surface area contributed by atoms with Crippen molar-refractivity contribution in [2.45, 2.75) is 4.90 Å². The van der Waals surface area contributed by atoms with Crippen LogP contribution in [0.3, 0.4) is 0 Å². The molecule has 7 heteroatoms. The van der Waals surface area contributed by atoms with Gasteiger partial charge in [-0.15, -0.1) is 0 Å². The summed E-state index contributed by atoms with van der Waals surface area (Å²) in [6.45, 7) is 0. The number of sulfonamides is 1. The lowest BCUT2D eigenvalue weighted by Crippen LogP contribution is -2.19. The van der Waals surface area contributed by atoms with E-state index < -0.39 is 10.0 Å². The molecule has 0 aliphatic carbocycles. The summed E-state index contributed by atoms with van der Waals surface area (Å²) in [6.07, 6.45) is 0. The lowest BCUT2D eigenvalue weighted by Gasteiger charge is -2.11. The number of halogens is 1. The van der Waals surface area contributed by atoms with Crippen LogP contribution in [-0.4, -0.2) is 29.7 Å². The predicted molar refractivity (Wildman–Crippen MR) is 63.5 cm³/mol. The first-order valence-corrected chi connectivity index (χ1v) is 6.59. The normalized spacial score (nSPS) is 11.2. The molecule has 0 aromatic heterocycles. The fourth-order valence-corrected chi connectivity index (χ4v) is 2.91. The molecule has 0 bridgehead atoms. The van der Waals surface area contributed by atoms with Crippen LogP contribution in [0.25, 0.3) is 0 Å². The zero-order valence-corrected chi connectivity index (χ0v) is 11.5. The van der Waals surface area contributed by atoms with Gasteiger partial charge < -0.3 is 9.47 Å². The molecule has 0 amide bonds. The van der Waals surface area contributed by atoms with E-state index in [-0.39, 0.29) is 4.90 Å². The second-order valence-corrected chi connectivity index (χ2v) is 5.55. The summed E-state index contributed by atoms with van der Waals surface area (Å²) in [4.78, 5) is 0.104. The van der Waals surface area contributed by atoms with Crippen LogP contribution in [0.1, 0.15) is 0 Å². The van der Waals surface area contributed by atoms with Crippen molar-refractivity contribution in [2.75, 3.05) is 21.3 Å². The van der Waals surface area contributed by atoms with E-state index in [9.17, 15) is 8.42 Å². The Kier molecular flexibility index (Phi) is 4.17. The van der Waals surface area contributed by atoms with Crippen LogP contribution < -0.4 is 14.2 Å².